The second-order valence-electron chi connectivity index (χ2n) is 3.81. The molecule has 1 amide bonds. The lowest BCUT2D eigenvalue weighted by Gasteiger charge is -2.06. The van der Waals surface area contributed by atoms with Crippen molar-refractivity contribution >= 4 is 22.9 Å². The van der Waals surface area contributed by atoms with Gasteiger partial charge in [-0.15, -0.1) is 11.3 Å². The van der Waals surface area contributed by atoms with Crippen LogP contribution in [0.1, 0.15) is 10.4 Å². The van der Waals surface area contributed by atoms with Crippen molar-refractivity contribution in [1.29, 1.82) is 0 Å². The Bertz CT molecular complexity index is 520. The SMILES string of the molecule is Cc1cc(NC(=O)Cc2cccs2)ccc1O. The number of thiophene rings is 1. The van der Waals surface area contributed by atoms with Crippen LogP contribution in [0.25, 0.3) is 0 Å². The average molecular weight is 247 g/mol. The van der Waals surface area contributed by atoms with Crippen molar-refractivity contribution in [3.05, 3.63) is 46.2 Å². The second-order valence-corrected chi connectivity index (χ2v) is 4.84. The maximum atomic E-state index is 11.7. The molecule has 0 aliphatic rings. The predicted molar refractivity (Wildman–Crippen MR) is 69.5 cm³/mol. The Labute approximate surface area is 104 Å². The Morgan fingerprint density at radius 2 is 2.24 bits per heavy atom. The van der Waals surface area contributed by atoms with Gasteiger partial charge < -0.3 is 10.4 Å². The van der Waals surface area contributed by atoms with Crippen LogP contribution in [0.5, 0.6) is 5.75 Å². The van der Waals surface area contributed by atoms with E-state index in [4.69, 9.17) is 0 Å². The van der Waals surface area contributed by atoms with Gasteiger partial charge in [-0.1, -0.05) is 6.07 Å². The number of anilines is 1. The minimum absolute atomic E-state index is 0.0439. The van der Waals surface area contributed by atoms with Crippen LogP contribution in [-0.4, -0.2) is 11.0 Å². The molecule has 2 aromatic rings. The highest BCUT2D eigenvalue weighted by Gasteiger charge is 2.05. The summed E-state index contributed by atoms with van der Waals surface area (Å²) in [6.45, 7) is 1.80. The number of phenols is 1. The maximum absolute atomic E-state index is 11.7. The van der Waals surface area contributed by atoms with Gasteiger partial charge in [0.05, 0.1) is 6.42 Å². The quantitative estimate of drug-likeness (QED) is 0.819. The van der Waals surface area contributed by atoms with Gasteiger partial charge in [0.25, 0.3) is 0 Å². The third-order valence-electron chi connectivity index (χ3n) is 2.40. The van der Waals surface area contributed by atoms with Crippen LogP contribution in [0.15, 0.2) is 35.7 Å². The van der Waals surface area contributed by atoms with E-state index in [1.165, 1.54) is 0 Å². The van der Waals surface area contributed by atoms with E-state index in [9.17, 15) is 9.90 Å². The van der Waals surface area contributed by atoms with E-state index in [-0.39, 0.29) is 11.7 Å². The number of benzene rings is 1. The van der Waals surface area contributed by atoms with Crippen molar-refractivity contribution in [3.63, 3.8) is 0 Å². The number of rotatable bonds is 3. The standard InChI is InChI=1S/C13H13NO2S/c1-9-7-10(4-5-12(9)15)14-13(16)8-11-3-2-6-17-11/h2-7,15H,8H2,1H3,(H,14,16). The summed E-state index contributed by atoms with van der Waals surface area (Å²) < 4.78 is 0. The fraction of sp³-hybridized carbons (Fsp3) is 0.154. The number of carbonyl (C=O) groups is 1. The number of carbonyl (C=O) groups excluding carboxylic acids is 1. The largest absolute Gasteiger partial charge is 0.508 e. The fourth-order valence-electron chi connectivity index (χ4n) is 1.51. The minimum atomic E-state index is -0.0439. The van der Waals surface area contributed by atoms with Crippen molar-refractivity contribution in [1.82, 2.24) is 0 Å². The first-order valence-corrected chi connectivity index (χ1v) is 6.15. The molecule has 88 valence electrons. The zero-order valence-corrected chi connectivity index (χ0v) is 10.3. The van der Waals surface area contributed by atoms with Gasteiger partial charge in [0.2, 0.25) is 5.91 Å². The van der Waals surface area contributed by atoms with Crippen molar-refractivity contribution in [3.8, 4) is 5.75 Å². The summed E-state index contributed by atoms with van der Waals surface area (Å²) in [5.74, 6) is 0.193. The highest BCUT2D eigenvalue weighted by Crippen LogP contribution is 2.20. The number of aromatic hydroxyl groups is 1. The zero-order chi connectivity index (χ0) is 12.3. The molecular formula is C13H13NO2S. The van der Waals surface area contributed by atoms with Gasteiger partial charge in [0, 0.05) is 10.6 Å². The molecular weight excluding hydrogens is 234 g/mol. The van der Waals surface area contributed by atoms with Crippen molar-refractivity contribution in [2.75, 3.05) is 5.32 Å². The smallest absolute Gasteiger partial charge is 0.229 e. The number of nitrogens with one attached hydrogen (secondary N) is 1. The zero-order valence-electron chi connectivity index (χ0n) is 9.43. The van der Waals surface area contributed by atoms with E-state index in [1.807, 2.05) is 17.5 Å². The van der Waals surface area contributed by atoms with Crippen molar-refractivity contribution < 1.29 is 9.90 Å². The Morgan fingerprint density at radius 1 is 1.41 bits per heavy atom. The first kappa shape index (κ1) is 11.7. The highest BCUT2D eigenvalue weighted by molar-refractivity contribution is 7.10. The number of phenolic OH excluding ortho intramolecular Hbond substituents is 1. The van der Waals surface area contributed by atoms with Crippen molar-refractivity contribution in [2.24, 2.45) is 0 Å². The van der Waals surface area contributed by atoms with Gasteiger partial charge >= 0.3 is 0 Å². The van der Waals surface area contributed by atoms with Crippen LogP contribution in [0.2, 0.25) is 0 Å². The van der Waals surface area contributed by atoms with Crippen LogP contribution in [0.4, 0.5) is 5.69 Å². The second kappa shape index (κ2) is 5.01. The number of hydrogen-bond acceptors (Lipinski definition) is 3. The van der Waals surface area contributed by atoms with Crippen LogP contribution in [0.3, 0.4) is 0 Å². The number of aryl methyl sites for hydroxylation is 1. The van der Waals surface area contributed by atoms with Crippen LogP contribution >= 0.6 is 11.3 Å². The van der Waals surface area contributed by atoms with E-state index in [0.29, 0.717) is 12.1 Å². The van der Waals surface area contributed by atoms with Gasteiger partial charge in [-0.2, -0.15) is 0 Å². The molecule has 0 spiro atoms. The number of amides is 1. The molecule has 0 unspecified atom stereocenters. The van der Waals surface area contributed by atoms with E-state index in [0.717, 1.165) is 10.4 Å². The molecule has 1 aromatic carbocycles. The molecule has 0 aliphatic heterocycles. The Morgan fingerprint density at radius 3 is 2.88 bits per heavy atom. The molecule has 0 fully saturated rings. The summed E-state index contributed by atoms with van der Waals surface area (Å²) in [5.41, 5.74) is 1.46. The van der Waals surface area contributed by atoms with Crippen LogP contribution in [0, 0.1) is 6.92 Å². The van der Waals surface area contributed by atoms with E-state index in [2.05, 4.69) is 5.32 Å². The number of hydrogen-bond donors (Lipinski definition) is 2. The molecule has 17 heavy (non-hydrogen) atoms. The van der Waals surface area contributed by atoms with Crippen LogP contribution in [-0.2, 0) is 11.2 Å². The summed E-state index contributed by atoms with van der Waals surface area (Å²) >= 11 is 1.57. The predicted octanol–water partition coefficient (Wildman–Crippen LogP) is 2.94. The molecule has 0 saturated heterocycles. The summed E-state index contributed by atoms with van der Waals surface area (Å²) in [4.78, 5) is 12.7. The maximum Gasteiger partial charge on any atom is 0.229 e. The average Bonchev–Trinajstić information content (AvgIpc) is 2.76. The van der Waals surface area contributed by atoms with E-state index < -0.39 is 0 Å². The summed E-state index contributed by atoms with van der Waals surface area (Å²) in [5, 5.41) is 14.1. The van der Waals surface area contributed by atoms with E-state index >= 15 is 0 Å². The summed E-state index contributed by atoms with van der Waals surface area (Å²) in [7, 11) is 0. The molecule has 0 aliphatic carbocycles. The molecule has 0 radical (unpaired) electrons. The topological polar surface area (TPSA) is 49.3 Å². The van der Waals surface area contributed by atoms with Gasteiger partial charge in [-0.25, -0.2) is 0 Å². The Hall–Kier alpha value is -1.81. The summed E-state index contributed by atoms with van der Waals surface area (Å²) in [6, 6.07) is 8.89. The lowest BCUT2D eigenvalue weighted by atomic mass is 10.2. The molecule has 2 N–H and O–H groups in total. The fourth-order valence-corrected chi connectivity index (χ4v) is 2.21. The normalized spacial score (nSPS) is 10.2. The van der Waals surface area contributed by atoms with Crippen LogP contribution < -0.4 is 5.32 Å². The van der Waals surface area contributed by atoms with Gasteiger partial charge in [-0.05, 0) is 42.1 Å². The minimum Gasteiger partial charge on any atom is -0.508 e. The third-order valence-corrected chi connectivity index (χ3v) is 3.27. The van der Waals surface area contributed by atoms with E-state index in [1.54, 1.807) is 36.5 Å². The first-order valence-electron chi connectivity index (χ1n) is 5.27. The van der Waals surface area contributed by atoms with Gasteiger partial charge in [-0.3, -0.25) is 4.79 Å². The van der Waals surface area contributed by atoms with Crippen molar-refractivity contribution in [2.45, 2.75) is 13.3 Å². The van der Waals surface area contributed by atoms with Gasteiger partial charge in [0.15, 0.2) is 0 Å². The molecule has 0 atom stereocenters. The molecule has 0 bridgehead atoms. The lowest BCUT2D eigenvalue weighted by molar-refractivity contribution is -0.115. The highest BCUT2D eigenvalue weighted by atomic mass is 32.1. The Kier molecular flexibility index (Phi) is 3.44. The monoisotopic (exact) mass is 247 g/mol. The Balaban J connectivity index is 2.00. The lowest BCUT2D eigenvalue weighted by Crippen LogP contribution is -2.13. The summed E-state index contributed by atoms with van der Waals surface area (Å²) in [6.07, 6.45) is 0.386. The van der Waals surface area contributed by atoms with Gasteiger partial charge in [0.1, 0.15) is 5.75 Å². The molecule has 2 rings (SSSR count). The molecule has 1 aromatic heterocycles. The first-order chi connectivity index (χ1) is 8.15. The molecule has 0 saturated carbocycles. The molecule has 1 heterocycles. The molecule has 4 heteroatoms. The third kappa shape index (κ3) is 3.07. The molecule has 3 nitrogen and oxygen atoms in total.